The van der Waals surface area contributed by atoms with Crippen molar-refractivity contribution in [3.05, 3.63) is 56.1 Å². The van der Waals surface area contributed by atoms with Crippen molar-refractivity contribution >= 4 is 5.91 Å². The summed E-state index contributed by atoms with van der Waals surface area (Å²) >= 11 is 0. The molecule has 2 atom stereocenters. The van der Waals surface area contributed by atoms with Crippen molar-refractivity contribution < 1.29 is 4.79 Å². The van der Waals surface area contributed by atoms with Crippen LogP contribution in [0.3, 0.4) is 0 Å². The van der Waals surface area contributed by atoms with Crippen molar-refractivity contribution in [3.8, 4) is 0 Å². The Balaban J connectivity index is 1.42. The number of likely N-dealkylation sites (tertiary alicyclic amines) is 1. The molecular weight excluding hydrogens is 358 g/mol. The maximum absolute atomic E-state index is 12.9. The van der Waals surface area contributed by atoms with Gasteiger partial charge in [0.2, 0.25) is 0 Å². The fraction of sp³-hybridized carbons (Fsp3) is 0.550. The zero-order valence-corrected chi connectivity index (χ0v) is 15.9. The van der Waals surface area contributed by atoms with E-state index < -0.39 is 11.1 Å². The van der Waals surface area contributed by atoms with Gasteiger partial charge in [0.05, 0.1) is 5.56 Å². The number of amides is 1. The predicted octanol–water partition coefficient (Wildman–Crippen LogP) is 0.778. The first-order valence-corrected chi connectivity index (χ1v) is 9.94. The normalized spacial score (nSPS) is 23.4. The van der Waals surface area contributed by atoms with Gasteiger partial charge in [-0.25, -0.2) is 4.68 Å². The van der Waals surface area contributed by atoms with Gasteiger partial charge in [-0.05, 0) is 37.3 Å². The molecule has 2 aromatic heterocycles. The first kappa shape index (κ1) is 17.3. The molecule has 1 saturated carbocycles. The van der Waals surface area contributed by atoms with Crippen LogP contribution in [0.5, 0.6) is 0 Å². The van der Waals surface area contributed by atoms with Gasteiger partial charge in [-0.1, -0.05) is 6.42 Å². The number of hydrogen-bond donors (Lipinski definition) is 0. The van der Waals surface area contributed by atoms with E-state index >= 15 is 0 Å². The van der Waals surface area contributed by atoms with Gasteiger partial charge in [0, 0.05) is 50.4 Å². The van der Waals surface area contributed by atoms with Crippen LogP contribution in [0.15, 0.2) is 28.0 Å². The van der Waals surface area contributed by atoms with Crippen molar-refractivity contribution in [2.45, 2.75) is 45.2 Å². The maximum Gasteiger partial charge on any atom is 0.332 e. The van der Waals surface area contributed by atoms with Gasteiger partial charge >= 0.3 is 11.1 Å². The van der Waals surface area contributed by atoms with Crippen molar-refractivity contribution in [1.82, 2.24) is 24.2 Å². The predicted molar refractivity (Wildman–Crippen MR) is 101 cm³/mol. The third-order valence-electron chi connectivity index (χ3n) is 6.42. The number of carbonyl (C=O) groups excluding carboxylic acids is 1. The van der Waals surface area contributed by atoms with Gasteiger partial charge < -0.3 is 4.90 Å². The highest BCUT2D eigenvalue weighted by Crippen LogP contribution is 2.37. The minimum Gasteiger partial charge on any atom is -0.337 e. The molecule has 1 aliphatic carbocycles. The number of rotatable bonds is 3. The second-order valence-electron chi connectivity index (χ2n) is 8.39. The Labute approximate surface area is 161 Å². The lowest BCUT2D eigenvalue weighted by Gasteiger charge is -2.25. The molecule has 0 aromatic carbocycles. The Morgan fingerprint density at radius 2 is 1.96 bits per heavy atom. The fourth-order valence-electron chi connectivity index (χ4n) is 4.65. The molecule has 0 bridgehead atoms. The number of fused-ring (bicyclic) bond motifs is 3. The summed E-state index contributed by atoms with van der Waals surface area (Å²) < 4.78 is 2.90. The summed E-state index contributed by atoms with van der Waals surface area (Å²) in [4.78, 5) is 43.8. The summed E-state index contributed by atoms with van der Waals surface area (Å²) in [6.07, 6.45) is 6.68. The van der Waals surface area contributed by atoms with Crippen LogP contribution in [-0.4, -0.2) is 43.2 Å². The quantitative estimate of drug-likeness (QED) is 0.733. The van der Waals surface area contributed by atoms with Crippen LogP contribution in [-0.2, 0) is 13.1 Å². The third kappa shape index (κ3) is 2.70. The summed E-state index contributed by atoms with van der Waals surface area (Å²) in [5, 5.41) is 4.58. The molecule has 3 aliphatic rings. The molecule has 5 rings (SSSR count). The summed E-state index contributed by atoms with van der Waals surface area (Å²) in [5.41, 5.74) is 0.540. The van der Waals surface area contributed by atoms with Gasteiger partial charge in [-0.2, -0.15) is 5.10 Å². The Bertz CT molecular complexity index is 1070. The van der Waals surface area contributed by atoms with E-state index in [1.807, 2.05) is 17.9 Å². The molecule has 2 unspecified atom stereocenters. The lowest BCUT2D eigenvalue weighted by Crippen LogP contribution is -2.45. The van der Waals surface area contributed by atoms with Crippen LogP contribution in [0.25, 0.3) is 0 Å². The Morgan fingerprint density at radius 3 is 2.68 bits per heavy atom. The largest absolute Gasteiger partial charge is 0.337 e. The second-order valence-corrected chi connectivity index (χ2v) is 8.39. The summed E-state index contributed by atoms with van der Waals surface area (Å²) in [6.45, 7) is 3.98. The fourth-order valence-corrected chi connectivity index (χ4v) is 4.65. The van der Waals surface area contributed by atoms with E-state index in [0.29, 0.717) is 43.5 Å². The van der Waals surface area contributed by atoms with Crippen molar-refractivity contribution in [3.63, 3.8) is 0 Å². The Morgan fingerprint density at radius 1 is 1.14 bits per heavy atom. The molecular formula is C20H23N5O3. The van der Waals surface area contributed by atoms with Gasteiger partial charge in [-0.3, -0.25) is 23.9 Å². The molecule has 4 heterocycles. The van der Waals surface area contributed by atoms with Crippen LogP contribution in [0.1, 0.15) is 46.9 Å². The minimum atomic E-state index is -0.519. The summed E-state index contributed by atoms with van der Waals surface area (Å²) in [7, 11) is 0. The van der Waals surface area contributed by atoms with Crippen LogP contribution < -0.4 is 11.1 Å². The number of pyridine rings is 1. The number of aromatic nitrogens is 4. The molecule has 1 saturated heterocycles. The average Bonchev–Trinajstić information content (AvgIpc) is 3.20. The third-order valence-corrected chi connectivity index (χ3v) is 6.42. The molecule has 2 aliphatic heterocycles. The average molecular weight is 381 g/mol. The van der Waals surface area contributed by atoms with E-state index in [9.17, 15) is 14.4 Å². The lowest BCUT2D eigenvalue weighted by atomic mass is 9.85. The van der Waals surface area contributed by atoms with E-state index in [2.05, 4.69) is 10.1 Å². The van der Waals surface area contributed by atoms with Gasteiger partial charge in [0.15, 0.2) is 0 Å². The standard InChI is InChI=1S/C20H23N5O3/c1-12-5-14(7-21-6-12)18(26)23-9-15-10-24-17(16(15)11-23)22-25(20(28)19(24)27)8-13-3-2-4-13/h5-7,13,15-16H,2-4,8-11H2,1H3. The molecule has 8 heteroatoms. The highest BCUT2D eigenvalue weighted by molar-refractivity contribution is 5.94. The zero-order chi connectivity index (χ0) is 19.4. The smallest absolute Gasteiger partial charge is 0.332 e. The maximum atomic E-state index is 12.9. The summed E-state index contributed by atoms with van der Waals surface area (Å²) in [5.74, 6) is 1.19. The highest BCUT2D eigenvalue weighted by atomic mass is 16.2. The number of carbonyl (C=O) groups is 1. The monoisotopic (exact) mass is 381 g/mol. The second kappa shape index (κ2) is 6.39. The molecule has 0 radical (unpaired) electrons. The SMILES string of the molecule is Cc1cncc(C(=O)N2CC3Cn4c(nn(CC5CCC5)c(=O)c4=O)C3C2)c1. The molecule has 2 aromatic rings. The number of aryl methyl sites for hydroxylation is 1. The van der Waals surface area contributed by atoms with E-state index in [0.717, 1.165) is 18.4 Å². The Kier molecular flexibility index (Phi) is 3.96. The van der Waals surface area contributed by atoms with E-state index in [4.69, 9.17) is 0 Å². The van der Waals surface area contributed by atoms with E-state index in [1.54, 1.807) is 12.4 Å². The molecule has 28 heavy (non-hydrogen) atoms. The number of hydrogen-bond acceptors (Lipinski definition) is 5. The van der Waals surface area contributed by atoms with Crippen molar-refractivity contribution in [1.29, 1.82) is 0 Å². The van der Waals surface area contributed by atoms with Crippen LogP contribution in [0.4, 0.5) is 0 Å². The minimum absolute atomic E-state index is 0.00246. The molecule has 146 valence electrons. The topological polar surface area (TPSA) is 90.1 Å². The van der Waals surface area contributed by atoms with Gasteiger partial charge in [-0.15, -0.1) is 0 Å². The van der Waals surface area contributed by atoms with E-state index in [1.165, 1.54) is 15.7 Å². The molecule has 1 amide bonds. The highest BCUT2D eigenvalue weighted by Gasteiger charge is 2.44. The van der Waals surface area contributed by atoms with Crippen molar-refractivity contribution in [2.75, 3.05) is 13.1 Å². The van der Waals surface area contributed by atoms with Gasteiger partial charge in [0.25, 0.3) is 5.91 Å². The first-order chi connectivity index (χ1) is 13.5. The van der Waals surface area contributed by atoms with E-state index in [-0.39, 0.29) is 17.7 Å². The van der Waals surface area contributed by atoms with Crippen LogP contribution in [0.2, 0.25) is 0 Å². The van der Waals surface area contributed by atoms with Gasteiger partial charge in [0.1, 0.15) is 5.82 Å². The van der Waals surface area contributed by atoms with Crippen LogP contribution >= 0.6 is 0 Å². The Hall–Kier alpha value is -2.77. The summed E-state index contributed by atoms with van der Waals surface area (Å²) in [6, 6.07) is 1.84. The van der Waals surface area contributed by atoms with Crippen molar-refractivity contribution in [2.24, 2.45) is 11.8 Å². The zero-order valence-electron chi connectivity index (χ0n) is 15.9. The lowest BCUT2D eigenvalue weighted by molar-refractivity contribution is 0.0782. The number of nitrogens with zero attached hydrogens (tertiary/aromatic N) is 5. The molecule has 0 N–H and O–H groups in total. The molecule has 8 nitrogen and oxygen atoms in total. The molecule has 2 fully saturated rings. The van der Waals surface area contributed by atoms with Crippen LogP contribution in [0, 0.1) is 18.8 Å². The molecule has 0 spiro atoms. The first-order valence-electron chi connectivity index (χ1n) is 9.94.